The van der Waals surface area contributed by atoms with Gasteiger partial charge in [0.1, 0.15) is 0 Å². The molecule has 4 aromatic carbocycles. The van der Waals surface area contributed by atoms with E-state index in [0.717, 1.165) is 78.9 Å². The topological polar surface area (TPSA) is 90.9 Å². The maximum absolute atomic E-state index is 6.43. The van der Waals surface area contributed by atoms with E-state index in [1.807, 2.05) is 43.7 Å². The molecule has 4 nitrogen and oxygen atoms in total. The lowest BCUT2D eigenvalue weighted by Gasteiger charge is -2.21. The van der Waals surface area contributed by atoms with E-state index in [1.54, 1.807) is 35.9 Å². The maximum atomic E-state index is 6.43. The summed E-state index contributed by atoms with van der Waals surface area (Å²) in [7, 11) is 1.50. The van der Waals surface area contributed by atoms with Gasteiger partial charge >= 0.3 is 0 Å². The van der Waals surface area contributed by atoms with Gasteiger partial charge < -0.3 is 17.2 Å². The van der Waals surface area contributed by atoms with Crippen molar-refractivity contribution in [2.24, 2.45) is 23.1 Å². The molecule has 1 atom stereocenters. The predicted octanol–water partition coefficient (Wildman–Crippen LogP) is 12.0. The summed E-state index contributed by atoms with van der Waals surface area (Å²) in [4.78, 5) is 4.83. The summed E-state index contributed by atoms with van der Waals surface area (Å²) in [5.41, 5.74) is 28.3. The number of benzene rings is 4. The fourth-order valence-electron chi connectivity index (χ4n) is 6.07. The molecule has 5 aromatic rings. The van der Waals surface area contributed by atoms with Gasteiger partial charge in [-0.05, 0) is 110 Å². The van der Waals surface area contributed by atoms with Gasteiger partial charge in [0.15, 0.2) is 0 Å². The molecule has 0 bridgehead atoms. The van der Waals surface area contributed by atoms with E-state index < -0.39 is 0 Å². The van der Waals surface area contributed by atoms with E-state index in [-0.39, 0.29) is 0 Å². The molecule has 0 fully saturated rings. The van der Waals surface area contributed by atoms with Crippen LogP contribution in [0, 0.1) is 5.92 Å². The highest BCUT2D eigenvalue weighted by Crippen LogP contribution is 2.43. The molecule has 0 aliphatic heterocycles. The van der Waals surface area contributed by atoms with Crippen LogP contribution in [0.4, 0.5) is 0 Å². The van der Waals surface area contributed by atoms with E-state index >= 15 is 0 Å². The summed E-state index contributed by atoms with van der Waals surface area (Å²) in [5, 5.41) is 4.14. The minimum Gasteiger partial charge on any atom is -0.404 e. The SMILES string of the molecule is C=Cc1c(C=C)c(-c2ccc(CSC)nc2)c2cc(-c3cccc(-c4ccccc4)c3)ccc2c1C(/C=C\C(CC)CS/C=C\N)=C/N.CC.CN. The highest BCUT2D eigenvalue weighted by molar-refractivity contribution is 8.02. The summed E-state index contributed by atoms with van der Waals surface area (Å²) in [5.74, 6) is 2.17. The molecule has 52 heavy (non-hydrogen) atoms. The second kappa shape index (κ2) is 22.2. The summed E-state index contributed by atoms with van der Waals surface area (Å²) in [6, 6.07) is 30.3. The number of thioether (sulfide) groups is 2. The standard InChI is InChI=1S/C43H43N3S2.C2H6.CH5N/c1-5-30(28-48-23-22-44)16-17-35(26-45)42-38(6-2)39(7-3)43(36-18-20-37(29-47-4)46-27-36)41-25-34(19-21-40(41)42)33-15-11-14-32(24-33)31-12-9-8-10-13-31;2*1-2/h6-27,30H,2-3,5,28-29,44-45H2,1,4H3;1-2H3;2H2,1H3/b17-16-,23-22-,35-26+;;. The van der Waals surface area contributed by atoms with Crippen LogP contribution in [0.3, 0.4) is 0 Å². The molecule has 1 aromatic heterocycles. The second-order valence-corrected chi connectivity index (χ2v) is 13.3. The number of fused-ring (bicyclic) bond motifs is 1. The molecule has 1 heterocycles. The zero-order valence-corrected chi connectivity index (χ0v) is 32.9. The lowest BCUT2D eigenvalue weighted by molar-refractivity contribution is 0.711. The van der Waals surface area contributed by atoms with Gasteiger partial charge in [-0.3, -0.25) is 4.98 Å². The Morgan fingerprint density at radius 2 is 1.44 bits per heavy atom. The highest BCUT2D eigenvalue weighted by atomic mass is 32.2. The van der Waals surface area contributed by atoms with Gasteiger partial charge in [-0.2, -0.15) is 11.8 Å². The van der Waals surface area contributed by atoms with Crippen molar-refractivity contribution in [1.82, 2.24) is 4.98 Å². The van der Waals surface area contributed by atoms with E-state index in [4.69, 9.17) is 16.5 Å². The Labute approximate surface area is 320 Å². The first kappa shape index (κ1) is 41.7. The normalized spacial score (nSPS) is 11.8. The molecule has 0 radical (unpaired) electrons. The Morgan fingerprint density at radius 3 is 2.04 bits per heavy atom. The third-order valence-corrected chi connectivity index (χ3v) is 10.1. The fourth-order valence-corrected chi connectivity index (χ4v) is 7.36. The zero-order valence-electron chi connectivity index (χ0n) is 31.3. The average molecular weight is 727 g/mol. The maximum Gasteiger partial charge on any atom is 0.0502 e. The van der Waals surface area contributed by atoms with Gasteiger partial charge in [-0.25, -0.2) is 0 Å². The number of nitrogens with two attached hydrogens (primary N) is 3. The molecular formula is C46H54N4S2. The molecule has 0 aliphatic rings. The quantitative estimate of drug-likeness (QED) is 0.0987. The molecule has 0 saturated carbocycles. The number of aromatic nitrogens is 1. The predicted molar refractivity (Wildman–Crippen MR) is 238 cm³/mol. The minimum absolute atomic E-state index is 0.368. The van der Waals surface area contributed by atoms with Crippen LogP contribution in [-0.4, -0.2) is 24.0 Å². The molecule has 5 rings (SSSR count). The van der Waals surface area contributed by atoms with Crippen LogP contribution >= 0.6 is 23.5 Å². The van der Waals surface area contributed by atoms with Gasteiger partial charge in [0.05, 0.1) is 5.69 Å². The Kier molecular flexibility index (Phi) is 17.8. The largest absolute Gasteiger partial charge is 0.404 e. The minimum atomic E-state index is 0.368. The summed E-state index contributed by atoms with van der Waals surface area (Å²) < 4.78 is 0. The van der Waals surface area contributed by atoms with Crippen LogP contribution in [0.2, 0.25) is 0 Å². The van der Waals surface area contributed by atoms with Crippen molar-refractivity contribution < 1.29 is 0 Å². The first-order valence-corrected chi connectivity index (χ1v) is 20.2. The number of hydrogen-bond donors (Lipinski definition) is 3. The number of hydrogen-bond acceptors (Lipinski definition) is 6. The summed E-state index contributed by atoms with van der Waals surface area (Å²) >= 11 is 3.48. The number of pyridine rings is 1. The average Bonchev–Trinajstić information content (AvgIpc) is 3.22. The molecule has 0 spiro atoms. The van der Waals surface area contributed by atoms with Crippen LogP contribution in [0.25, 0.3) is 61.9 Å². The zero-order chi connectivity index (χ0) is 37.9. The fraction of sp³-hybridized carbons (Fsp3) is 0.196. The Morgan fingerprint density at radius 1 is 0.788 bits per heavy atom. The van der Waals surface area contributed by atoms with Gasteiger partial charge in [0.2, 0.25) is 0 Å². The van der Waals surface area contributed by atoms with Crippen LogP contribution in [0.1, 0.15) is 49.6 Å². The monoisotopic (exact) mass is 726 g/mol. The van der Waals surface area contributed by atoms with Crippen molar-refractivity contribution in [2.75, 3.05) is 19.1 Å². The molecule has 0 saturated heterocycles. The van der Waals surface area contributed by atoms with Crippen molar-refractivity contribution in [2.45, 2.75) is 32.9 Å². The highest BCUT2D eigenvalue weighted by Gasteiger charge is 2.20. The van der Waals surface area contributed by atoms with Crippen molar-refractivity contribution >= 4 is 52.0 Å². The van der Waals surface area contributed by atoms with Crippen LogP contribution in [-0.2, 0) is 5.75 Å². The molecular weight excluding hydrogens is 673 g/mol. The molecule has 0 amide bonds. The Balaban J connectivity index is 0.00000176. The van der Waals surface area contributed by atoms with Crippen LogP contribution in [0.5, 0.6) is 0 Å². The number of nitrogens with zero attached hydrogens (tertiary/aromatic N) is 1. The third kappa shape index (κ3) is 10.2. The van der Waals surface area contributed by atoms with Crippen molar-refractivity contribution in [3.63, 3.8) is 0 Å². The Bertz CT molecular complexity index is 1980. The van der Waals surface area contributed by atoms with Crippen molar-refractivity contribution in [3.05, 3.63) is 157 Å². The van der Waals surface area contributed by atoms with Crippen molar-refractivity contribution in [3.8, 4) is 33.4 Å². The molecule has 6 N–H and O–H groups in total. The van der Waals surface area contributed by atoms with Crippen molar-refractivity contribution in [1.29, 1.82) is 0 Å². The van der Waals surface area contributed by atoms with Gasteiger partial charge in [-0.15, -0.1) is 11.8 Å². The van der Waals surface area contributed by atoms with E-state index in [2.05, 4.69) is 123 Å². The van der Waals surface area contributed by atoms with E-state index in [9.17, 15) is 0 Å². The van der Waals surface area contributed by atoms with Crippen LogP contribution < -0.4 is 17.2 Å². The molecule has 270 valence electrons. The lowest BCUT2D eigenvalue weighted by Crippen LogP contribution is -2.02. The van der Waals surface area contributed by atoms with Crippen LogP contribution in [0.15, 0.2) is 134 Å². The van der Waals surface area contributed by atoms with Gasteiger partial charge in [-0.1, -0.05) is 125 Å². The van der Waals surface area contributed by atoms with Gasteiger partial charge in [0, 0.05) is 35.7 Å². The molecule has 6 heteroatoms. The van der Waals surface area contributed by atoms with E-state index in [1.165, 1.54) is 18.2 Å². The Hall–Kier alpha value is -4.75. The molecule has 0 aliphatic carbocycles. The lowest BCUT2D eigenvalue weighted by atomic mass is 9.82. The summed E-state index contributed by atoms with van der Waals surface area (Å²) in [6.07, 6.45) is 16.7. The van der Waals surface area contributed by atoms with Gasteiger partial charge in [0.25, 0.3) is 0 Å². The number of rotatable bonds is 14. The first-order chi connectivity index (χ1) is 25.6. The smallest absolute Gasteiger partial charge is 0.0502 e. The van der Waals surface area contributed by atoms with E-state index in [0.29, 0.717) is 5.92 Å². The summed E-state index contributed by atoms with van der Waals surface area (Å²) in [6.45, 7) is 14.8. The second-order valence-electron chi connectivity index (χ2n) is 11.5. The third-order valence-electron chi connectivity index (χ3n) is 8.53. The number of allylic oxidation sites excluding steroid dienone is 3. The first-order valence-electron chi connectivity index (χ1n) is 17.7. The molecule has 1 unspecified atom stereocenters.